The standard InChI is InChI=1S/C9H22N2/c1-6-10(5)9(4)11(7-2)8-3/h9H,6-8H2,1-5H3. The molecule has 0 aromatic rings. The van der Waals surface area contributed by atoms with E-state index in [2.05, 4.69) is 44.5 Å². The third-order valence-electron chi connectivity index (χ3n) is 2.48. The van der Waals surface area contributed by atoms with Crippen LogP contribution in [0, 0.1) is 0 Å². The molecule has 0 aliphatic heterocycles. The van der Waals surface area contributed by atoms with Crippen molar-refractivity contribution in [2.24, 2.45) is 0 Å². The molecule has 1 unspecified atom stereocenters. The lowest BCUT2D eigenvalue weighted by molar-refractivity contribution is 0.0883. The summed E-state index contributed by atoms with van der Waals surface area (Å²) >= 11 is 0. The van der Waals surface area contributed by atoms with Crippen molar-refractivity contribution in [1.29, 1.82) is 0 Å². The molecule has 0 aromatic carbocycles. The molecule has 0 aliphatic carbocycles. The maximum Gasteiger partial charge on any atom is 0.0590 e. The van der Waals surface area contributed by atoms with Crippen molar-refractivity contribution in [2.45, 2.75) is 33.9 Å². The molecule has 0 spiro atoms. The van der Waals surface area contributed by atoms with E-state index in [9.17, 15) is 0 Å². The summed E-state index contributed by atoms with van der Waals surface area (Å²) in [5.74, 6) is 0. The van der Waals surface area contributed by atoms with E-state index < -0.39 is 0 Å². The molecule has 2 heteroatoms. The van der Waals surface area contributed by atoms with Crippen LogP contribution in [0.3, 0.4) is 0 Å². The van der Waals surface area contributed by atoms with Gasteiger partial charge in [0.15, 0.2) is 0 Å². The number of hydrogen-bond acceptors (Lipinski definition) is 2. The van der Waals surface area contributed by atoms with Crippen LogP contribution in [0.4, 0.5) is 0 Å². The average molecular weight is 158 g/mol. The van der Waals surface area contributed by atoms with Gasteiger partial charge in [-0.25, -0.2) is 0 Å². The predicted molar refractivity (Wildman–Crippen MR) is 50.7 cm³/mol. The van der Waals surface area contributed by atoms with Gasteiger partial charge in [0, 0.05) is 0 Å². The average Bonchev–Trinajstić information content (AvgIpc) is 2.05. The fourth-order valence-corrected chi connectivity index (χ4v) is 1.30. The smallest absolute Gasteiger partial charge is 0.0590 e. The lowest BCUT2D eigenvalue weighted by atomic mass is 10.4. The summed E-state index contributed by atoms with van der Waals surface area (Å²) in [5.41, 5.74) is 0. The van der Waals surface area contributed by atoms with Gasteiger partial charge in [0.05, 0.1) is 6.17 Å². The molecule has 0 fully saturated rings. The van der Waals surface area contributed by atoms with Gasteiger partial charge < -0.3 is 0 Å². The Morgan fingerprint density at radius 2 is 1.45 bits per heavy atom. The van der Waals surface area contributed by atoms with Crippen LogP contribution in [0.15, 0.2) is 0 Å². The molecule has 0 radical (unpaired) electrons. The van der Waals surface area contributed by atoms with Gasteiger partial charge in [-0.3, -0.25) is 9.80 Å². The van der Waals surface area contributed by atoms with Gasteiger partial charge in [0.25, 0.3) is 0 Å². The van der Waals surface area contributed by atoms with Crippen LogP contribution in [0.5, 0.6) is 0 Å². The summed E-state index contributed by atoms with van der Waals surface area (Å²) in [6.07, 6.45) is 0.579. The minimum absolute atomic E-state index is 0.579. The van der Waals surface area contributed by atoms with Crippen LogP contribution < -0.4 is 0 Å². The Hall–Kier alpha value is -0.0800. The molecule has 0 heterocycles. The highest BCUT2D eigenvalue weighted by molar-refractivity contribution is 4.62. The summed E-state index contributed by atoms with van der Waals surface area (Å²) < 4.78 is 0. The molecule has 0 N–H and O–H groups in total. The van der Waals surface area contributed by atoms with Gasteiger partial charge in [0.1, 0.15) is 0 Å². The van der Waals surface area contributed by atoms with Gasteiger partial charge in [-0.1, -0.05) is 20.8 Å². The van der Waals surface area contributed by atoms with Crippen molar-refractivity contribution in [3.8, 4) is 0 Å². The first kappa shape index (κ1) is 10.9. The zero-order valence-corrected chi connectivity index (χ0v) is 8.59. The topological polar surface area (TPSA) is 6.48 Å². The van der Waals surface area contributed by atoms with E-state index in [1.807, 2.05) is 0 Å². The van der Waals surface area contributed by atoms with Crippen molar-refractivity contribution in [3.63, 3.8) is 0 Å². The van der Waals surface area contributed by atoms with Crippen LogP contribution in [0.25, 0.3) is 0 Å². The highest BCUT2D eigenvalue weighted by atomic mass is 15.3. The van der Waals surface area contributed by atoms with Crippen LogP contribution in [0.2, 0.25) is 0 Å². The Kier molecular flexibility index (Phi) is 5.51. The maximum absolute atomic E-state index is 2.45. The lowest BCUT2D eigenvalue weighted by Crippen LogP contribution is -2.44. The quantitative estimate of drug-likeness (QED) is 0.561. The summed E-state index contributed by atoms with van der Waals surface area (Å²) in [7, 11) is 2.17. The Morgan fingerprint density at radius 3 is 1.73 bits per heavy atom. The zero-order chi connectivity index (χ0) is 8.85. The second-order valence-electron chi connectivity index (χ2n) is 2.93. The molecule has 0 aliphatic rings. The monoisotopic (exact) mass is 158 g/mol. The summed E-state index contributed by atoms with van der Waals surface area (Å²) in [6.45, 7) is 12.3. The highest BCUT2D eigenvalue weighted by Crippen LogP contribution is 2.01. The number of rotatable bonds is 5. The third kappa shape index (κ3) is 3.21. The largest absolute Gasteiger partial charge is 0.291 e. The molecular weight excluding hydrogens is 136 g/mol. The minimum Gasteiger partial charge on any atom is -0.291 e. The van der Waals surface area contributed by atoms with Gasteiger partial charge in [-0.15, -0.1) is 0 Å². The van der Waals surface area contributed by atoms with Crippen molar-refractivity contribution >= 4 is 0 Å². The fraction of sp³-hybridized carbons (Fsp3) is 1.00. The first-order valence-electron chi connectivity index (χ1n) is 4.61. The van der Waals surface area contributed by atoms with E-state index in [0.29, 0.717) is 6.17 Å². The number of nitrogens with zero attached hydrogens (tertiary/aromatic N) is 2. The summed E-state index contributed by atoms with van der Waals surface area (Å²) in [6, 6.07) is 0. The van der Waals surface area contributed by atoms with E-state index in [4.69, 9.17) is 0 Å². The van der Waals surface area contributed by atoms with Crippen LogP contribution >= 0.6 is 0 Å². The first-order valence-corrected chi connectivity index (χ1v) is 4.61. The van der Waals surface area contributed by atoms with Gasteiger partial charge in [-0.2, -0.15) is 0 Å². The predicted octanol–water partition coefficient (Wildman–Crippen LogP) is 1.63. The maximum atomic E-state index is 2.45. The lowest BCUT2D eigenvalue weighted by Gasteiger charge is -2.33. The van der Waals surface area contributed by atoms with Gasteiger partial charge >= 0.3 is 0 Å². The van der Waals surface area contributed by atoms with Crippen LogP contribution in [0.1, 0.15) is 27.7 Å². The molecule has 68 valence electrons. The molecule has 0 bridgehead atoms. The number of hydrogen-bond donors (Lipinski definition) is 0. The SMILES string of the molecule is CCN(C)C(C)N(CC)CC. The van der Waals surface area contributed by atoms with Crippen molar-refractivity contribution in [2.75, 3.05) is 26.7 Å². The van der Waals surface area contributed by atoms with Crippen molar-refractivity contribution in [1.82, 2.24) is 9.80 Å². The first-order chi connectivity index (χ1) is 5.17. The molecule has 0 amide bonds. The summed E-state index contributed by atoms with van der Waals surface area (Å²) in [5, 5.41) is 0. The van der Waals surface area contributed by atoms with E-state index in [1.165, 1.54) is 0 Å². The molecule has 11 heavy (non-hydrogen) atoms. The molecule has 0 aromatic heterocycles. The second kappa shape index (κ2) is 5.56. The van der Waals surface area contributed by atoms with E-state index >= 15 is 0 Å². The molecule has 1 atom stereocenters. The van der Waals surface area contributed by atoms with Gasteiger partial charge in [0.2, 0.25) is 0 Å². The van der Waals surface area contributed by atoms with Gasteiger partial charge in [-0.05, 0) is 33.6 Å². The normalized spacial score (nSPS) is 14.5. The van der Waals surface area contributed by atoms with Crippen LogP contribution in [-0.4, -0.2) is 42.6 Å². The van der Waals surface area contributed by atoms with Crippen molar-refractivity contribution in [3.05, 3.63) is 0 Å². The highest BCUT2D eigenvalue weighted by Gasteiger charge is 2.12. The summed E-state index contributed by atoms with van der Waals surface area (Å²) in [4.78, 5) is 4.80. The van der Waals surface area contributed by atoms with E-state index in [1.54, 1.807) is 0 Å². The Bertz CT molecular complexity index is 89.6. The van der Waals surface area contributed by atoms with E-state index in [-0.39, 0.29) is 0 Å². The fourth-order valence-electron chi connectivity index (χ4n) is 1.30. The molecular formula is C9H22N2. The Labute approximate surface area is 71.2 Å². The molecule has 0 saturated heterocycles. The van der Waals surface area contributed by atoms with Crippen molar-refractivity contribution < 1.29 is 0 Å². The zero-order valence-electron chi connectivity index (χ0n) is 8.59. The molecule has 2 nitrogen and oxygen atoms in total. The van der Waals surface area contributed by atoms with Crippen LogP contribution in [-0.2, 0) is 0 Å². The molecule has 0 saturated carbocycles. The van der Waals surface area contributed by atoms with E-state index in [0.717, 1.165) is 19.6 Å². The Morgan fingerprint density at radius 1 is 1.00 bits per heavy atom. The molecule has 0 rings (SSSR count). The third-order valence-corrected chi connectivity index (χ3v) is 2.48. The Balaban J connectivity index is 3.86. The second-order valence-corrected chi connectivity index (χ2v) is 2.93. The minimum atomic E-state index is 0.579.